The lowest BCUT2D eigenvalue weighted by molar-refractivity contribution is 0.199. The van der Waals surface area contributed by atoms with Gasteiger partial charge in [-0.3, -0.25) is 0 Å². The summed E-state index contributed by atoms with van der Waals surface area (Å²) in [4.78, 5) is 0. The monoisotopic (exact) mass is 184 g/mol. The molecule has 1 nitrogen and oxygen atoms in total. The summed E-state index contributed by atoms with van der Waals surface area (Å²) in [5.41, 5.74) is 2.37. The second kappa shape index (κ2) is 4.48. The Hall–Kier alpha value is -0.530. The molecule has 0 fully saturated rings. The van der Waals surface area contributed by atoms with Crippen molar-refractivity contribution in [2.24, 2.45) is 0 Å². The van der Waals surface area contributed by atoms with Crippen molar-refractivity contribution >= 4 is 11.6 Å². The maximum absolute atomic E-state index is 9.25. The van der Waals surface area contributed by atoms with Crippen LogP contribution in [0.4, 0.5) is 0 Å². The first-order valence-corrected chi connectivity index (χ1v) is 4.55. The fourth-order valence-corrected chi connectivity index (χ4v) is 1.16. The second-order valence-electron chi connectivity index (χ2n) is 3.00. The molecular weight excluding hydrogens is 172 g/mol. The third-order valence-electron chi connectivity index (χ3n) is 1.77. The van der Waals surface area contributed by atoms with E-state index >= 15 is 0 Å². The van der Waals surface area contributed by atoms with Crippen LogP contribution in [-0.4, -0.2) is 17.1 Å². The van der Waals surface area contributed by atoms with Crippen molar-refractivity contribution in [3.63, 3.8) is 0 Å². The van der Waals surface area contributed by atoms with Gasteiger partial charge < -0.3 is 5.11 Å². The molecule has 1 atom stereocenters. The quantitative estimate of drug-likeness (QED) is 0.714. The van der Waals surface area contributed by atoms with Gasteiger partial charge in [0.2, 0.25) is 0 Å². The van der Waals surface area contributed by atoms with Crippen molar-refractivity contribution in [2.75, 3.05) is 5.88 Å². The van der Waals surface area contributed by atoms with Crippen molar-refractivity contribution in [1.82, 2.24) is 0 Å². The summed E-state index contributed by atoms with van der Waals surface area (Å²) in [6, 6.07) is 8.11. The van der Waals surface area contributed by atoms with Gasteiger partial charge in [0, 0.05) is 5.88 Å². The Bertz CT molecular complexity index is 230. The summed E-state index contributed by atoms with van der Waals surface area (Å²) in [7, 11) is 0. The summed E-state index contributed by atoms with van der Waals surface area (Å²) < 4.78 is 0. The fraction of sp³-hybridized carbons (Fsp3) is 0.400. The van der Waals surface area contributed by atoms with Gasteiger partial charge in [0.15, 0.2) is 0 Å². The molecular formula is C10H13ClO. The standard InChI is InChI=1S/C10H13ClO/c1-8-2-4-9(5-3-8)6-10(12)7-11/h2-5,10,12H,6-7H2,1H3/t10-/m0/s1. The average molecular weight is 185 g/mol. The number of alkyl halides is 1. The molecule has 0 unspecified atom stereocenters. The molecule has 0 amide bonds. The summed E-state index contributed by atoms with van der Waals surface area (Å²) in [6.07, 6.45) is 0.221. The highest BCUT2D eigenvalue weighted by Crippen LogP contribution is 2.06. The van der Waals surface area contributed by atoms with Gasteiger partial charge in [0.05, 0.1) is 6.10 Å². The van der Waals surface area contributed by atoms with Gasteiger partial charge in [-0.05, 0) is 18.9 Å². The summed E-state index contributed by atoms with van der Waals surface area (Å²) in [5.74, 6) is 0.299. The molecule has 2 heteroatoms. The van der Waals surface area contributed by atoms with E-state index in [1.165, 1.54) is 5.56 Å². The van der Waals surface area contributed by atoms with Crippen LogP contribution < -0.4 is 0 Å². The number of benzene rings is 1. The van der Waals surface area contributed by atoms with Gasteiger partial charge in [-0.2, -0.15) is 0 Å². The summed E-state index contributed by atoms with van der Waals surface area (Å²) >= 11 is 5.48. The van der Waals surface area contributed by atoms with E-state index in [2.05, 4.69) is 0 Å². The SMILES string of the molecule is Cc1ccc(C[C@H](O)CCl)cc1. The molecule has 0 aromatic heterocycles. The number of hydrogen-bond donors (Lipinski definition) is 1. The molecule has 1 aromatic rings. The Morgan fingerprint density at radius 1 is 1.33 bits per heavy atom. The Labute approximate surface area is 78.0 Å². The van der Waals surface area contributed by atoms with Crippen molar-refractivity contribution in [3.8, 4) is 0 Å². The van der Waals surface area contributed by atoms with Gasteiger partial charge in [-0.1, -0.05) is 29.8 Å². The van der Waals surface area contributed by atoms with Crippen LogP contribution in [0.15, 0.2) is 24.3 Å². The van der Waals surface area contributed by atoms with Crippen LogP contribution in [0, 0.1) is 6.92 Å². The molecule has 0 saturated carbocycles. The molecule has 0 saturated heterocycles. The van der Waals surface area contributed by atoms with Crippen molar-refractivity contribution in [2.45, 2.75) is 19.4 Å². The summed E-state index contributed by atoms with van der Waals surface area (Å²) in [5, 5.41) is 9.25. The molecule has 0 aliphatic rings. The van der Waals surface area contributed by atoms with Crippen LogP contribution in [-0.2, 0) is 6.42 Å². The molecule has 66 valence electrons. The Balaban J connectivity index is 2.58. The zero-order chi connectivity index (χ0) is 8.97. The van der Waals surface area contributed by atoms with Gasteiger partial charge >= 0.3 is 0 Å². The second-order valence-corrected chi connectivity index (χ2v) is 3.31. The first-order valence-electron chi connectivity index (χ1n) is 4.02. The number of aryl methyl sites for hydroxylation is 1. The molecule has 1 rings (SSSR count). The van der Waals surface area contributed by atoms with Gasteiger partial charge in [-0.25, -0.2) is 0 Å². The number of aliphatic hydroxyl groups excluding tert-OH is 1. The Morgan fingerprint density at radius 2 is 1.92 bits per heavy atom. The lowest BCUT2D eigenvalue weighted by Crippen LogP contribution is -2.11. The van der Waals surface area contributed by atoms with E-state index in [1.807, 2.05) is 31.2 Å². The molecule has 12 heavy (non-hydrogen) atoms. The molecule has 0 bridgehead atoms. The van der Waals surface area contributed by atoms with E-state index in [9.17, 15) is 5.11 Å². The molecule has 1 N–H and O–H groups in total. The molecule has 0 aliphatic carbocycles. The lowest BCUT2D eigenvalue weighted by Gasteiger charge is -2.06. The first-order chi connectivity index (χ1) is 5.72. The third-order valence-corrected chi connectivity index (χ3v) is 2.13. The number of aliphatic hydroxyl groups is 1. The smallest absolute Gasteiger partial charge is 0.0715 e. The van der Waals surface area contributed by atoms with Gasteiger partial charge in [0.1, 0.15) is 0 Å². The number of hydrogen-bond acceptors (Lipinski definition) is 1. The zero-order valence-electron chi connectivity index (χ0n) is 7.13. The number of halogens is 1. The molecule has 1 aromatic carbocycles. The van der Waals surface area contributed by atoms with Crippen LogP contribution in [0.1, 0.15) is 11.1 Å². The molecule has 0 aliphatic heterocycles. The van der Waals surface area contributed by atoms with Crippen molar-refractivity contribution in [3.05, 3.63) is 35.4 Å². The van der Waals surface area contributed by atoms with E-state index in [4.69, 9.17) is 11.6 Å². The van der Waals surface area contributed by atoms with Crippen LogP contribution in [0.2, 0.25) is 0 Å². The zero-order valence-corrected chi connectivity index (χ0v) is 7.88. The predicted molar refractivity (Wildman–Crippen MR) is 51.6 cm³/mol. The Morgan fingerprint density at radius 3 is 2.42 bits per heavy atom. The molecule has 0 radical (unpaired) electrons. The van der Waals surface area contributed by atoms with E-state index in [0.717, 1.165) is 5.56 Å². The van der Waals surface area contributed by atoms with Crippen LogP contribution >= 0.6 is 11.6 Å². The third kappa shape index (κ3) is 2.84. The minimum Gasteiger partial charge on any atom is -0.392 e. The largest absolute Gasteiger partial charge is 0.392 e. The fourth-order valence-electron chi connectivity index (χ4n) is 1.05. The number of rotatable bonds is 3. The van der Waals surface area contributed by atoms with Gasteiger partial charge in [-0.15, -0.1) is 11.6 Å². The highest BCUT2D eigenvalue weighted by Gasteiger charge is 2.02. The highest BCUT2D eigenvalue weighted by molar-refractivity contribution is 6.18. The maximum atomic E-state index is 9.25. The normalized spacial score (nSPS) is 12.9. The Kier molecular flexibility index (Phi) is 3.57. The predicted octanol–water partition coefficient (Wildman–Crippen LogP) is 2.14. The maximum Gasteiger partial charge on any atom is 0.0715 e. The first kappa shape index (κ1) is 9.56. The van der Waals surface area contributed by atoms with Crippen molar-refractivity contribution < 1.29 is 5.11 Å². The lowest BCUT2D eigenvalue weighted by atomic mass is 10.1. The van der Waals surface area contributed by atoms with E-state index in [0.29, 0.717) is 12.3 Å². The van der Waals surface area contributed by atoms with Gasteiger partial charge in [0.25, 0.3) is 0 Å². The summed E-state index contributed by atoms with van der Waals surface area (Å²) in [6.45, 7) is 2.04. The van der Waals surface area contributed by atoms with E-state index < -0.39 is 6.10 Å². The topological polar surface area (TPSA) is 20.2 Å². The average Bonchev–Trinajstić information content (AvgIpc) is 2.09. The minimum atomic E-state index is -0.422. The van der Waals surface area contributed by atoms with Crippen LogP contribution in [0.3, 0.4) is 0 Å². The van der Waals surface area contributed by atoms with E-state index in [-0.39, 0.29) is 0 Å². The van der Waals surface area contributed by atoms with E-state index in [1.54, 1.807) is 0 Å². The van der Waals surface area contributed by atoms with Crippen molar-refractivity contribution in [1.29, 1.82) is 0 Å². The molecule has 0 spiro atoms. The highest BCUT2D eigenvalue weighted by atomic mass is 35.5. The van der Waals surface area contributed by atoms with Crippen LogP contribution in [0.25, 0.3) is 0 Å². The minimum absolute atomic E-state index is 0.299. The molecule has 0 heterocycles. The van der Waals surface area contributed by atoms with Crippen LogP contribution in [0.5, 0.6) is 0 Å².